The van der Waals surface area contributed by atoms with Gasteiger partial charge < -0.3 is 15.0 Å². The van der Waals surface area contributed by atoms with E-state index in [-0.39, 0.29) is 18.4 Å². The molecule has 0 bridgehead atoms. The van der Waals surface area contributed by atoms with Crippen molar-refractivity contribution >= 4 is 51.9 Å². The van der Waals surface area contributed by atoms with Crippen molar-refractivity contribution in [3.63, 3.8) is 0 Å². The molecular formula is C21H18N2O3S2. The molecule has 1 saturated heterocycles. The molecule has 2 aliphatic rings. The summed E-state index contributed by atoms with van der Waals surface area (Å²) in [4.78, 5) is 26.7. The van der Waals surface area contributed by atoms with Crippen LogP contribution in [0.1, 0.15) is 17.5 Å². The maximum Gasteiger partial charge on any atom is 0.265 e. The molecule has 1 fully saturated rings. The van der Waals surface area contributed by atoms with Crippen molar-refractivity contribution in [2.24, 2.45) is 0 Å². The van der Waals surface area contributed by atoms with E-state index in [0.717, 1.165) is 24.1 Å². The lowest BCUT2D eigenvalue weighted by molar-refractivity contribution is -0.121. The molecule has 2 aliphatic heterocycles. The Hall–Kier alpha value is -2.64. The third-order valence-corrected chi connectivity index (χ3v) is 5.72. The van der Waals surface area contributed by atoms with Gasteiger partial charge in [-0.3, -0.25) is 9.59 Å². The van der Waals surface area contributed by atoms with Gasteiger partial charge in [0.15, 0.2) is 6.61 Å². The average molecular weight is 411 g/mol. The van der Waals surface area contributed by atoms with Gasteiger partial charge in [-0.25, -0.2) is 0 Å². The monoisotopic (exact) mass is 410 g/mol. The summed E-state index contributed by atoms with van der Waals surface area (Å²) in [5, 5.41) is 2.61. The number of anilines is 1. The standard InChI is InChI=1S/C21H18N2O3S2/c24-19-13-26-17-9-8-15(12-18-20(25)22-21(27)28-18)11-16(17)23(19)10-4-7-14-5-2-1-3-6-14/h1-3,5-6,8-9,11-12H,4,7,10,13H2,(H,22,25,27)/b18-12-. The fraction of sp³-hybridized carbons (Fsp3) is 0.190. The van der Waals surface area contributed by atoms with Crippen molar-refractivity contribution in [2.75, 3.05) is 18.1 Å². The summed E-state index contributed by atoms with van der Waals surface area (Å²) >= 11 is 6.27. The molecule has 2 heterocycles. The van der Waals surface area contributed by atoms with Crippen molar-refractivity contribution in [3.05, 3.63) is 64.6 Å². The first kappa shape index (κ1) is 18.7. The molecular weight excluding hydrogens is 392 g/mol. The van der Waals surface area contributed by atoms with Gasteiger partial charge in [-0.1, -0.05) is 60.4 Å². The second-order valence-electron chi connectivity index (χ2n) is 6.50. The van der Waals surface area contributed by atoms with E-state index in [1.165, 1.54) is 17.3 Å². The molecule has 4 rings (SSSR count). The number of hydrogen-bond acceptors (Lipinski definition) is 5. The van der Waals surface area contributed by atoms with E-state index in [2.05, 4.69) is 17.4 Å². The molecule has 0 radical (unpaired) electrons. The Morgan fingerprint density at radius 2 is 2.00 bits per heavy atom. The molecule has 2 aromatic rings. The number of thioether (sulfide) groups is 1. The van der Waals surface area contributed by atoms with Crippen LogP contribution in [-0.2, 0) is 16.0 Å². The normalized spacial score (nSPS) is 17.5. The van der Waals surface area contributed by atoms with Crippen LogP contribution < -0.4 is 15.0 Å². The molecule has 2 amide bonds. The Bertz CT molecular complexity index is 973. The number of ether oxygens (including phenoxy) is 1. The number of nitrogens with zero attached hydrogens (tertiary/aromatic N) is 1. The van der Waals surface area contributed by atoms with Crippen LogP contribution in [0, 0.1) is 0 Å². The Kier molecular flexibility index (Phi) is 5.45. The molecule has 0 saturated carbocycles. The molecule has 0 aliphatic carbocycles. The second-order valence-corrected chi connectivity index (χ2v) is 8.22. The molecule has 0 atom stereocenters. The van der Waals surface area contributed by atoms with E-state index >= 15 is 0 Å². The lowest BCUT2D eigenvalue weighted by atomic mass is 10.1. The first-order chi connectivity index (χ1) is 13.6. The molecule has 2 aromatic carbocycles. The predicted molar refractivity (Wildman–Crippen MR) is 115 cm³/mol. The van der Waals surface area contributed by atoms with Crippen LogP contribution in [0.2, 0.25) is 0 Å². The summed E-state index contributed by atoms with van der Waals surface area (Å²) in [6.07, 6.45) is 3.53. The number of carbonyl (C=O) groups is 2. The van der Waals surface area contributed by atoms with Crippen LogP contribution in [0.3, 0.4) is 0 Å². The van der Waals surface area contributed by atoms with Gasteiger partial charge in [-0.15, -0.1) is 0 Å². The van der Waals surface area contributed by atoms with Gasteiger partial charge in [-0.05, 0) is 42.2 Å². The van der Waals surface area contributed by atoms with Gasteiger partial charge in [-0.2, -0.15) is 0 Å². The molecule has 0 spiro atoms. The van der Waals surface area contributed by atoms with Gasteiger partial charge in [0.25, 0.3) is 11.8 Å². The molecule has 7 heteroatoms. The third-order valence-electron chi connectivity index (χ3n) is 4.56. The zero-order valence-electron chi connectivity index (χ0n) is 15.0. The average Bonchev–Trinajstić information content (AvgIpc) is 3.01. The van der Waals surface area contributed by atoms with E-state index < -0.39 is 0 Å². The van der Waals surface area contributed by atoms with Crippen LogP contribution in [0.25, 0.3) is 6.08 Å². The lowest BCUT2D eigenvalue weighted by Gasteiger charge is -2.29. The van der Waals surface area contributed by atoms with E-state index in [4.69, 9.17) is 17.0 Å². The van der Waals surface area contributed by atoms with Crippen molar-refractivity contribution in [2.45, 2.75) is 12.8 Å². The maximum atomic E-state index is 12.5. The summed E-state index contributed by atoms with van der Waals surface area (Å²) in [5.41, 5.74) is 2.82. The number of fused-ring (bicyclic) bond motifs is 1. The van der Waals surface area contributed by atoms with Gasteiger partial charge >= 0.3 is 0 Å². The van der Waals surface area contributed by atoms with Crippen molar-refractivity contribution in [1.29, 1.82) is 0 Å². The van der Waals surface area contributed by atoms with Crippen LogP contribution in [0.15, 0.2) is 53.4 Å². The van der Waals surface area contributed by atoms with Crippen LogP contribution in [-0.4, -0.2) is 29.3 Å². The summed E-state index contributed by atoms with van der Waals surface area (Å²) < 4.78 is 6.03. The Morgan fingerprint density at radius 1 is 1.18 bits per heavy atom. The molecule has 1 N–H and O–H groups in total. The van der Waals surface area contributed by atoms with Gasteiger partial charge in [0, 0.05) is 6.54 Å². The quantitative estimate of drug-likeness (QED) is 0.604. The largest absolute Gasteiger partial charge is 0.482 e. The molecule has 142 valence electrons. The van der Waals surface area contributed by atoms with Gasteiger partial charge in [0.05, 0.1) is 10.6 Å². The van der Waals surface area contributed by atoms with E-state index in [1.54, 1.807) is 11.0 Å². The number of nitrogens with one attached hydrogen (secondary N) is 1. The Labute approximate surface area is 172 Å². The number of benzene rings is 2. The van der Waals surface area contributed by atoms with Crippen LogP contribution in [0.4, 0.5) is 5.69 Å². The van der Waals surface area contributed by atoms with Crippen molar-refractivity contribution in [3.8, 4) is 5.75 Å². The van der Waals surface area contributed by atoms with E-state index in [0.29, 0.717) is 21.5 Å². The first-order valence-corrected chi connectivity index (χ1v) is 10.2. The molecule has 5 nitrogen and oxygen atoms in total. The summed E-state index contributed by atoms with van der Waals surface area (Å²) in [7, 11) is 0. The number of amides is 2. The van der Waals surface area contributed by atoms with Gasteiger partial charge in [0.1, 0.15) is 10.1 Å². The Morgan fingerprint density at radius 3 is 2.75 bits per heavy atom. The highest BCUT2D eigenvalue weighted by molar-refractivity contribution is 8.26. The second kappa shape index (κ2) is 8.16. The van der Waals surface area contributed by atoms with Crippen molar-refractivity contribution in [1.82, 2.24) is 5.32 Å². The highest BCUT2D eigenvalue weighted by atomic mass is 32.2. The van der Waals surface area contributed by atoms with Crippen molar-refractivity contribution < 1.29 is 14.3 Å². The third kappa shape index (κ3) is 4.10. The zero-order chi connectivity index (χ0) is 19.5. The highest BCUT2D eigenvalue weighted by Gasteiger charge is 2.26. The molecule has 28 heavy (non-hydrogen) atoms. The van der Waals surface area contributed by atoms with Crippen LogP contribution in [0.5, 0.6) is 5.75 Å². The smallest absolute Gasteiger partial charge is 0.265 e. The minimum atomic E-state index is -0.195. The maximum absolute atomic E-state index is 12.5. The Balaban J connectivity index is 1.53. The minimum absolute atomic E-state index is 0.0469. The molecule has 0 aromatic heterocycles. The SMILES string of the molecule is O=C1NC(=S)S/C1=C\c1ccc2c(c1)N(CCCc1ccccc1)C(=O)CO2. The van der Waals surface area contributed by atoms with Crippen LogP contribution >= 0.6 is 24.0 Å². The summed E-state index contributed by atoms with van der Waals surface area (Å²) in [6.45, 7) is 0.661. The molecule has 0 unspecified atom stereocenters. The van der Waals surface area contributed by atoms with Gasteiger partial charge in [0.2, 0.25) is 0 Å². The number of carbonyl (C=O) groups excluding carboxylic acids is 2. The summed E-state index contributed by atoms with van der Waals surface area (Å²) in [5.74, 6) is 0.430. The predicted octanol–water partition coefficient (Wildman–Crippen LogP) is 3.53. The number of rotatable bonds is 5. The first-order valence-electron chi connectivity index (χ1n) is 8.96. The number of aryl methyl sites for hydroxylation is 1. The summed E-state index contributed by atoms with van der Waals surface area (Å²) in [6, 6.07) is 15.8. The lowest BCUT2D eigenvalue weighted by Crippen LogP contribution is -2.39. The van der Waals surface area contributed by atoms with E-state index in [9.17, 15) is 9.59 Å². The topological polar surface area (TPSA) is 58.6 Å². The van der Waals surface area contributed by atoms with E-state index in [1.807, 2.05) is 36.4 Å². The highest BCUT2D eigenvalue weighted by Crippen LogP contribution is 2.35. The zero-order valence-corrected chi connectivity index (χ0v) is 16.6. The number of thiocarbonyl (C=S) groups is 1. The fourth-order valence-electron chi connectivity index (χ4n) is 3.21. The number of hydrogen-bond donors (Lipinski definition) is 1. The fourth-order valence-corrected chi connectivity index (χ4v) is 4.26. The minimum Gasteiger partial charge on any atom is -0.482 e.